The van der Waals surface area contributed by atoms with Crippen molar-refractivity contribution in [2.24, 2.45) is 5.92 Å². The Morgan fingerprint density at radius 3 is 2.41 bits per heavy atom. The quantitative estimate of drug-likeness (QED) is 0.760. The van der Waals surface area contributed by atoms with E-state index < -0.39 is 0 Å². The van der Waals surface area contributed by atoms with Gasteiger partial charge in [-0.05, 0) is 50.6 Å². The van der Waals surface area contributed by atoms with Crippen LogP contribution in [0, 0.1) is 5.92 Å². The molecule has 1 aromatic rings. The van der Waals surface area contributed by atoms with Crippen LogP contribution in [0.4, 0.5) is 0 Å². The average Bonchev–Trinajstić information content (AvgIpc) is 3.26. The van der Waals surface area contributed by atoms with E-state index in [0.29, 0.717) is 31.2 Å². The summed E-state index contributed by atoms with van der Waals surface area (Å²) in [7, 11) is 1.36. The van der Waals surface area contributed by atoms with E-state index in [9.17, 15) is 9.59 Å². The number of amides is 1. The van der Waals surface area contributed by atoms with E-state index >= 15 is 0 Å². The molecule has 0 saturated carbocycles. The summed E-state index contributed by atoms with van der Waals surface area (Å²) in [5.74, 6) is 0.0715. The first-order valence-corrected chi connectivity index (χ1v) is 9.50. The number of piperidine rings is 1. The van der Waals surface area contributed by atoms with Crippen LogP contribution >= 0.6 is 0 Å². The number of nitrogens with one attached hydrogen (secondary N) is 1. The highest BCUT2D eigenvalue weighted by Crippen LogP contribution is 2.26. The van der Waals surface area contributed by atoms with E-state index in [1.807, 2.05) is 19.1 Å². The number of hydrogen-bond donors (Lipinski definition) is 1. The molecule has 0 radical (unpaired) electrons. The minimum atomic E-state index is -0.365. The fourth-order valence-electron chi connectivity index (χ4n) is 3.61. The molecule has 27 heavy (non-hydrogen) atoms. The van der Waals surface area contributed by atoms with Gasteiger partial charge >= 0.3 is 5.97 Å². The summed E-state index contributed by atoms with van der Waals surface area (Å²) >= 11 is 0. The fourth-order valence-corrected chi connectivity index (χ4v) is 3.61. The fraction of sp³-hybridized carbons (Fsp3) is 0.600. The summed E-state index contributed by atoms with van der Waals surface area (Å²) in [6, 6.07) is 6.88. The molecule has 2 saturated heterocycles. The van der Waals surface area contributed by atoms with Gasteiger partial charge in [-0.2, -0.15) is 0 Å². The Morgan fingerprint density at radius 2 is 1.81 bits per heavy atom. The van der Waals surface area contributed by atoms with Gasteiger partial charge in [0.2, 0.25) is 5.91 Å². The lowest BCUT2D eigenvalue weighted by molar-refractivity contribution is -0.128. The number of nitrogens with zero attached hydrogens (tertiary/aromatic N) is 1. The Kier molecular flexibility index (Phi) is 6.82. The van der Waals surface area contributed by atoms with Crippen molar-refractivity contribution in [1.29, 1.82) is 0 Å². The zero-order valence-corrected chi connectivity index (χ0v) is 16.0. The van der Waals surface area contributed by atoms with E-state index in [1.165, 1.54) is 7.11 Å². The van der Waals surface area contributed by atoms with Gasteiger partial charge in [0.05, 0.1) is 31.9 Å². The molecule has 0 aromatic heterocycles. The second kappa shape index (κ2) is 9.30. The van der Waals surface area contributed by atoms with Gasteiger partial charge in [0, 0.05) is 12.5 Å². The summed E-state index contributed by atoms with van der Waals surface area (Å²) in [5, 5.41) is 2.98. The van der Waals surface area contributed by atoms with Crippen LogP contribution in [0.25, 0.3) is 0 Å². The first-order chi connectivity index (χ1) is 13.1. The van der Waals surface area contributed by atoms with Gasteiger partial charge < -0.3 is 19.5 Å². The lowest BCUT2D eigenvalue weighted by atomic mass is 9.95. The molecule has 7 heteroatoms. The topological polar surface area (TPSA) is 77.1 Å². The van der Waals surface area contributed by atoms with Crippen molar-refractivity contribution < 1.29 is 23.8 Å². The number of benzene rings is 1. The van der Waals surface area contributed by atoms with Crippen molar-refractivity contribution in [3.05, 3.63) is 35.4 Å². The maximum absolute atomic E-state index is 12.5. The molecule has 2 heterocycles. The van der Waals surface area contributed by atoms with Crippen LogP contribution < -0.4 is 5.32 Å². The number of rotatable bonds is 6. The Morgan fingerprint density at radius 1 is 1.19 bits per heavy atom. The summed E-state index contributed by atoms with van der Waals surface area (Å²) in [6.45, 7) is 5.49. The maximum atomic E-state index is 12.5. The summed E-state index contributed by atoms with van der Waals surface area (Å²) < 4.78 is 15.9. The standard InChI is InChI=1S/C20H28N2O5/c1-14(22-9-7-17(8-10-22)20-26-11-12-27-20)18(23)21-13-15-3-5-16(6-4-15)19(24)25-2/h3-6,14,17,20H,7-13H2,1-2H3,(H,21,23)/t14-/m1/s1. The van der Waals surface area contributed by atoms with Gasteiger partial charge in [-0.3, -0.25) is 9.69 Å². The Bertz CT molecular complexity index is 634. The number of esters is 1. The largest absolute Gasteiger partial charge is 0.465 e. The summed E-state index contributed by atoms with van der Waals surface area (Å²) in [6.07, 6.45) is 1.90. The van der Waals surface area contributed by atoms with Gasteiger partial charge in [-0.25, -0.2) is 4.79 Å². The van der Waals surface area contributed by atoms with Crippen LogP contribution in [0.3, 0.4) is 0 Å². The van der Waals surface area contributed by atoms with Gasteiger partial charge in [-0.15, -0.1) is 0 Å². The molecule has 2 fully saturated rings. The van der Waals surface area contributed by atoms with Gasteiger partial charge in [0.15, 0.2) is 6.29 Å². The molecule has 1 amide bonds. The van der Waals surface area contributed by atoms with Gasteiger partial charge in [0.1, 0.15) is 0 Å². The predicted octanol–water partition coefficient (Wildman–Crippen LogP) is 1.56. The number of hydrogen-bond acceptors (Lipinski definition) is 6. The SMILES string of the molecule is COC(=O)c1ccc(CNC(=O)[C@@H](C)N2CCC(C3OCCO3)CC2)cc1. The molecule has 148 valence electrons. The van der Waals surface area contributed by atoms with E-state index in [-0.39, 0.29) is 24.2 Å². The van der Waals surface area contributed by atoms with Crippen LogP contribution in [-0.4, -0.2) is 62.5 Å². The monoisotopic (exact) mass is 376 g/mol. The Balaban J connectivity index is 1.43. The summed E-state index contributed by atoms with van der Waals surface area (Å²) in [5.41, 5.74) is 1.44. The average molecular weight is 376 g/mol. The van der Waals surface area contributed by atoms with E-state index in [4.69, 9.17) is 9.47 Å². The number of carbonyl (C=O) groups excluding carboxylic acids is 2. The molecule has 0 aliphatic carbocycles. The molecule has 2 aliphatic heterocycles. The normalized spacial score (nSPS) is 20.4. The molecule has 0 spiro atoms. The van der Waals surface area contributed by atoms with Crippen LogP contribution in [-0.2, 0) is 25.5 Å². The molecular weight excluding hydrogens is 348 g/mol. The van der Waals surface area contributed by atoms with E-state index in [0.717, 1.165) is 31.5 Å². The van der Waals surface area contributed by atoms with Crippen molar-refractivity contribution in [3.8, 4) is 0 Å². The van der Waals surface area contributed by atoms with Gasteiger partial charge in [0.25, 0.3) is 0 Å². The number of likely N-dealkylation sites (tertiary alicyclic amines) is 1. The smallest absolute Gasteiger partial charge is 0.337 e. The van der Waals surface area contributed by atoms with Crippen molar-refractivity contribution >= 4 is 11.9 Å². The molecule has 0 bridgehead atoms. The highest BCUT2D eigenvalue weighted by molar-refractivity contribution is 5.89. The predicted molar refractivity (Wildman–Crippen MR) is 99.1 cm³/mol. The maximum Gasteiger partial charge on any atom is 0.337 e. The first kappa shape index (κ1) is 19.8. The minimum absolute atomic E-state index is 0.0128. The van der Waals surface area contributed by atoms with Crippen molar-refractivity contribution in [2.45, 2.75) is 38.6 Å². The van der Waals surface area contributed by atoms with Crippen molar-refractivity contribution in [3.63, 3.8) is 0 Å². The highest BCUT2D eigenvalue weighted by Gasteiger charge is 2.33. The second-order valence-corrected chi connectivity index (χ2v) is 7.07. The molecule has 2 aliphatic rings. The van der Waals surface area contributed by atoms with Crippen molar-refractivity contribution in [2.75, 3.05) is 33.4 Å². The molecule has 1 aromatic carbocycles. The lowest BCUT2D eigenvalue weighted by Gasteiger charge is -2.36. The number of ether oxygens (including phenoxy) is 3. The molecule has 1 atom stereocenters. The van der Waals surface area contributed by atoms with Crippen LogP contribution in [0.2, 0.25) is 0 Å². The third-order valence-corrected chi connectivity index (χ3v) is 5.38. The minimum Gasteiger partial charge on any atom is -0.465 e. The van der Waals surface area contributed by atoms with E-state index in [1.54, 1.807) is 12.1 Å². The third kappa shape index (κ3) is 5.06. The highest BCUT2D eigenvalue weighted by atomic mass is 16.7. The van der Waals surface area contributed by atoms with E-state index in [2.05, 4.69) is 15.0 Å². The molecule has 1 N–H and O–H groups in total. The molecule has 0 unspecified atom stereocenters. The third-order valence-electron chi connectivity index (χ3n) is 5.38. The first-order valence-electron chi connectivity index (χ1n) is 9.50. The van der Waals surface area contributed by atoms with Crippen LogP contribution in [0.5, 0.6) is 0 Å². The molecular formula is C20H28N2O5. The molecule has 3 rings (SSSR count). The Labute approximate surface area is 160 Å². The molecule has 7 nitrogen and oxygen atoms in total. The summed E-state index contributed by atoms with van der Waals surface area (Å²) in [4.78, 5) is 26.2. The van der Waals surface area contributed by atoms with Crippen molar-refractivity contribution in [1.82, 2.24) is 10.2 Å². The number of methoxy groups -OCH3 is 1. The Hall–Kier alpha value is -1.96. The number of carbonyl (C=O) groups is 2. The van der Waals surface area contributed by atoms with Crippen LogP contribution in [0.1, 0.15) is 35.7 Å². The second-order valence-electron chi connectivity index (χ2n) is 7.07. The zero-order chi connectivity index (χ0) is 19.2. The zero-order valence-electron chi connectivity index (χ0n) is 16.0. The lowest BCUT2D eigenvalue weighted by Crippen LogP contribution is -2.49. The van der Waals surface area contributed by atoms with Gasteiger partial charge in [-0.1, -0.05) is 12.1 Å². The van der Waals surface area contributed by atoms with Crippen LogP contribution in [0.15, 0.2) is 24.3 Å².